The first kappa shape index (κ1) is 26.8. The molecule has 4 aromatic rings. The SMILES string of the molecule is O=S(=O)(Nc1ccc(-c2ccc(NS(=O)(=O)c3cnc(Cl)c(Br)c3)cc2)cc1)c1cnc(Cl)c(Br)c1. The highest BCUT2D eigenvalue weighted by atomic mass is 79.9. The van der Waals surface area contributed by atoms with Crippen molar-refractivity contribution in [3.8, 4) is 11.1 Å². The summed E-state index contributed by atoms with van der Waals surface area (Å²) in [6.07, 6.45) is 2.34. The van der Waals surface area contributed by atoms with Crippen LogP contribution < -0.4 is 9.44 Å². The van der Waals surface area contributed by atoms with Crippen LogP contribution in [0.2, 0.25) is 10.3 Å². The summed E-state index contributed by atoms with van der Waals surface area (Å²) >= 11 is 18.0. The van der Waals surface area contributed by atoms with Gasteiger partial charge in [-0.05, 0) is 79.4 Å². The second kappa shape index (κ2) is 10.6. The highest BCUT2D eigenvalue weighted by Gasteiger charge is 2.18. The van der Waals surface area contributed by atoms with Crippen LogP contribution >= 0.6 is 55.1 Å². The molecule has 2 aromatic carbocycles. The smallest absolute Gasteiger partial charge is 0.263 e. The lowest BCUT2D eigenvalue weighted by molar-refractivity contribution is 0.599. The van der Waals surface area contributed by atoms with E-state index in [2.05, 4.69) is 51.3 Å². The molecule has 0 bridgehead atoms. The van der Waals surface area contributed by atoms with E-state index in [1.54, 1.807) is 48.5 Å². The summed E-state index contributed by atoms with van der Waals surface area (Å²) in [5.41, 5.74) is 2.32. The Labute approximate surface area is 234 Å². The number of nitrogens with zero attached hydrogens (tertiary/aromatic N) is 2. The summed E-state index contributed by atoms with van der Waals surface area (Å²) in [6.45, 7) is 0. The van der Waals surface area contributed by atoms with E-state index in [1.807, 2.05) is 0 Å². The van der Waals surface area contributed by atoms with Gasteiger partial charge < -0.3 is 0 Å². The quantitative estimate of drug-likeness (QED) is 0.212. The second-order valence-electron chi connectivity index (χ2n) is 7.25. The minimum Gasteiger partial charge on any atom is -0.280 e. The van der Waals surface area contributed by atoms with Crippen LogP contribution in [0.3, 0.4) is 0 Å². The summed E-state index contributed by atoms with van der Waals surface area (Å²) in [5.74, 6) is 0. The first-order valence-electron chi connectivity index (χ1n) is 9.83. The molecule has 14 heteroatoms. The minimum absolute atomic E-state index is 0.0392. The zero-order chi connectivity index (χ0) is 26.1. The average Bonchev–Trinajstić information content (AvgIpc) is 2.83. The molecule has 2 N–H and O–H groups in total. The molecule has 0 radical (unpaired) electrons. The first-order chi connectivity index (χ1) is 16.9. The van der Waals surface area contributed by atoms with Gasteiger partial charge >= 0.3 is 0 Å². The molecule has 0 spiro atoms. The third kappa shape index (κ3) is 6.18. The summed E-state index contributed by atoms with van der Waals surface area (Å²) < 4.78 is 56.2. The average molecular weight is 693 g/mol. The van der Waals surface area contributed by atoms with Crippen molar-refractivity contribution in [3.05, 3.63) is 92.3 Å². The van der Waals surface area contributed by atoms with Crippen LogP contribution in [0.4, 0.5) is 11.4 Å². The Morgan fingerprint density at radius 1 is 0.611 bits per heavy atom. The third-order valence-electron chi connectivity index (χ3n) is 4.77. The largest absolute Gasteiger partial charge is 0.280 e. The van der Waals surface area contributed by atoms with Gasteiger partial charge in [-0.1, -0.05) is 47.5 Å². The van der Waals surface area contributed by atoms with E-state index in [0.717, 1.165) is 11.1 Å². The van der Waals surface area contributed by atoms with E-state index in [-0.39, 0.29) is 20.1 Å². The molecule has 0 aliphatic rings. The number of nitrogens with one attached hydrogen (secondary N) is 2. The van der Waals surface area contributed by atoms with E-state index in [4.69, 9.17) is 23.2 Å². The minimum atomic E-state index is -3.86. The maximum atomic E-state index is 12.6. The predicted molar refractivity (Wildman–Crippen MR) is 147 cm³/mol. The highest BCUT2D eigenvalue weighted by Crippen LogP contribution is 2.28. The van der Waals surface area contributed by atoms with Crippen LogP contribution in [0, 0.1) is 0 Å². The van der Waals surface area contributed by atoms with Gasteiger partial charge in [-0.25, -0.2) is 26.8 Å². The number of hydrogen-bond donors (Lipinski definition) is 2. The lowest BCUT2D eigenvalue weighted by atomic mass is 10.1. The molecule has 8 nitrogen and oxygen atoms in total. The van der Waals surface area contributed by atoms with Gasteiger partial charge in [0.1, 0.15) is 20.1 Å². The molecule has 0 saturated carbocycles. The lowest BCUT2D eigenvalue weighted by Gasteiger charge is -2.11. The Bertz CT molecular complexity index is 1530. The molecule has 0 aliphatic heterocycles. The van der Waals surface area contributed by atoms with Crippen LogP contribution in [0.25, 0.3) is 11.1 Å². The maximum absolute atomic E-state index is 12.6. The highest BCUT2D eigenvalue weighted by molar-refractivity contribution is 9.10. The molecule has 0 atom stereocenters. The zero-order valence-electron chi connectivity index (χ0n) is 17.8. The van der Waals surface area contributed by atoms with E-state index in [1.165, 1.54) is 24.5 Å². The molecule has 0 unspecified atom stereocenters. The Hall–Kier alpha value is -2.22. The van der Waals surface area contributed by atoms with Crippen LogP contribution in [0.15, 0.2) is 91.8 Å². The Morgan fingerprint density at radius 3 is 1.25 bits per heavy atom. The number of benzene rings is 2. The Balaban J connectivity index is 1.47. The molecule has 2 aromatic heterocycles. The normalized spacial score (nSPS) is 11.8. The van der Waals surface area contributed by atoms with Crippen molar-refractivity contribution in [1.82, 2.24) is 9.97 Å². The number of rotatable bonds is 7. The molecule has 0 amide bonds. The second-order valence-corrected chi connectivity index (χ2v) is 13.0. The summed E-state index contributed by atoms with van der Waals surface area (Å²) in [5, 5.41) is 0.319. The van der Waals surface area contributed by atoms with Crippen LogP contribution in [-0.4, -0.2) is 26.8 Å². The fraction of sp³-hybridized carbons (Fsp3) is 0. The summed E-state index contributed by atoms with van der Waals surface area (Å²) in [4.78, 5) is 7.60. The van der Waals surface area contributed by atoms with E-state index >= 15 is 0 Å². The van der Waals surface area contributed by atoms with Gasteiger partial charge in [0.2, 0.25) is 0 Å². The van der Waals surface area contributed by atoms with Gasteiger partial charge in [-0.2, -0.15) is 0 Å². The van der Waals surface area contributed by atoms with Crippen molar-refractivity contribution in [1.29, 1.82) is 0 Å². The molecular weight excluding hydrogens is 679 g/mol. The van der Waals surface area contributed by atoms with E-state index in [9.17, 15) is 16.8 Å². The molecule has 2 heterocycles. The van der Waals surface area contributed by atoms with Gasteiger partial charge in [-0.3, -0.25) is 9.44 Å². The van der Waals surface area contributed by atoms with Crippen molar-refractivity contribution in [2.24, 2.45) is 0 Å². The lowest BCUT2D eigenvalue weighted by Crippen LogP contribution is -2.13. The maximum Gasteiger partial charge on any atom is 0.263 e. The summed E-state index contributed by atoms with van der Waals surface area (Å²) in [7, 11) is -7.72. The van der Waals surface area contributed by atoms with Crippen LogP contribution in [-0.2, 0) is 20.0 Å². The monoisotopic (exact) mass is 690 g/mol. The van der Waals surface area contributed by atoms with Gasteiger partial charge in [0.15, 0.2) is 0 Å². The number of pyridine rings is 2. The number of aromatic nitrogens is 2. The van der Waals surface area contributed by atoms with Gasteiger partial charge in [0.25, 0.3) is 20.0 Å². The van der Waals surface area contributed by atoms with E-state index < -0.39 is 20.0 Å². The van der Waals surface area contributed by atoms with E-state index in [0.29, 0.717) is 20.3 Å². The molecule has 0 fully saturated rings. The topological polar surface area (TPSA) is 118 Å². The molecule has 0 aliphatic carbocycles. The van der Waals surface area contributed by atoms with Crippen molar-refractivity contribution >= 4 is 86.5 Å². The standard InChI is InChI=1S/C22H14Br2Cl2N4O4S2/c23-19-9-17(11-27-21(19)25)35(31,32)29-15-5-1-13(2-6-15)14-3-7-16(8-4-14)30-36(33,34)18-10-20(24)22(26)28-12-18/h1-12,29-30H. The summed E-state index contributed by atoms with van der Waals surface area (Å²) in [6, 6.07) is 16.2. The van der Waals surface area contributed by atoms with Crippen molar-refractivity contribution < 1.29 is 16.8 Å². The Morgan fingerprint density at radius 2 is 0.944 bits per heavy atom. The van der Waals surface area contributed by atoms with Gasteiger partial charge in [0, 0.05) is 23.8 Å². The molecule has 4 rings (SSSR count). The zero-order valence-corrected chi connectivity index (χ0v) is 24.1. The number of halogens is 4. The van der Waals surface area contributed by atoms with Crippen LogP contribution in [0.5, 0.6) is 0 Å². The fourth-order valence-corrected chi connectivity index (χ4v) is 6.26. The molecule has 36 heavy (non-hydrogen) atoms. The van der Waals surface area contributed by atoms with Crippen molar-refractivity contribution in [2.45, 2.75) is 9.79 Å². The molecular formula is C22H14Br2Cl2N4O4S2. The molecule has 0 saturated heterocycles. The van der Waals surface area contributed by atoms with Gasteiger partial charge in [0.05, 0.1) is 8.95 Å². The van der Waals surface area contributed by atoms with Gasteiger partial charge in [-0.15, -0.1) is 0 Å². The number of anilines is 2. The molecule has 186 valence electrons. The number of sulfonamides is 2. The predicted octanol–water partition coefficient (Wildman–Crippen LogP) is 6.58. The van der Waals surface area contributed by atoms with Crippen LogP contribution in [0.1, 0.15) is 0 Å². The van der Waals surface area contributed by atoms with Crippen molar-refractivity contribution in [2.75, 3.05) is 9.44 Å². The first-order valence-corrected chi connectivity index (χ1v) is 15.1. The number of hydrogen-bond acceptors (Lipinski definition) is 6. The third-order valence-corrected chi connectivity index (χ3v) is 9.74. The Kier molecular flexibility index (Phi) is 7.93. The van der Waals surface area contributed by atoms with Crippen molar-refractivity contribution in [3.63, 3.8) is 0 Å². The fourth-order valence-electron chi connectivity index (χ4n) is 2.99.